The van der Waals surface area contributed by atoms with Crippen LogP contribution in [-0.2, 0) is 4.74 Å². The third-order valence-electron chi connectivity index (χ3n) is 1.97. The second kappa shape index (κ2) is 6.16. The summed E-state index contributed by atoms with van der Waals surface area (Å²) in [5, 5.41) is 13.0. The van der Waals surface area contributed by atoms with Gasteiger partial charge in [0.2, 0.25) is 0 Å². The van der Waals surface area contributed by atoms with Crippen molar-refractivity contribution in [2.45, 2.75) is 13.8 Å². The number of aromatic nitrogens is 4. The van der Waals surface area contributed by atoms with Crippen LogP contribution in [0.15, 0.2) is 0 Å². The maximum Gasteiger partial charge on any atom is 0.295 e. The predicted molar refractivity (Wildman–Crippen MR) is 56.8 cm³/mol. The summed E-state index contributed by atoms with van der Waals surface area (Å²) in [6.45, 7) is 5.77. The minimum atomic E-state index is -0.223. The van der Waals surface area contributed by atoms with Crippen molar-refractivity contribution in [2.75, 3.05) is 26.8 Å². The van der Waals surface area contributed by atoms with E-state index >= 15 is 0 Å². The van der Waals surface area contributed by atoms with Gasteiger partial charge in [-0.1, -0.05) is 13.8 Å². The van der Waals surface area contributed by atoms with Crippen LogP contribution in [0.4, 0.5) is 0 Å². The molecule has 0 fully saturated rings. The van der Waals surface area contributed by atoms with E-state index in [-0.39, 0.29) is 11.7 Å². The molecule has 0 spiro atoms. The van der Waals surface area contributed by atoms with Crippen LogP contribution in [0.1, 0.15) is 24.5 Å². The summed E-state index contributed by atoms with van der Waals surface area (Å²) in [7, 11) is 1.60. The van der Waals surface area contributed by atoms with Gasteiger partial charge in [-0.25, -0.2) is 0 Å². The van der Waals surface area contributed by atoms with Crippen molar-refractivity contribution in [3.8, 4) is 0 Å². The first-order valence-electron chi connectivity index (χ1n) is 5.16. The topological polar surface area (TPSA) is 84.0 Å². The molecule has 0 aromatic carbocycles. The van der Waals surface area contributed by atoms with E-state index in [1.807, 2.05) is 13.8 Å². The fourth-order valence-electron chi connectivity index (χ4n) is 1.31. The number of carbonyl (C=O) groups excluding carboxylic acids is 1. The number of aromatic amines is 1. The Hall–Kier alpha value is -1.50. The smallest absolute Gasteiger partial charge is 0.295 e. The summed E-state index contributed by atoms with van der Waals surface area (Å²) in [5.41, 5.74) is 0. The van der Waals surface area contributed by atoms with Crippen LogP contribution in [0.5, 0.6) is 0 Å². The summed E-state index contributed by atoms with van der Waals surface area (Å²) in [5.74, 6) is 0.254. The lowest BCUT2D eigenvalue weighted by molar-refractivity contribution is 0.0660. The van der Waals surface area contributed by atoms with E-state index in [1.165, 1.54) is 0 Å². The fraction of sp³-hybridized carbons (Fsp3) is 0.778. The van der Waals surface area contributed by atoms with Crippen LogP contribution >= 0.6 is 0 Å². The van der Waals surface area contributed by atoms with Gasteiger partial charge in [0, 0.05) is 20.2 Å². The Morgan fingerprint density at radius 3 is 2.81 bits per heavy atom. The Morgan fingerprint density at radius 1 is 1.56 bits per heavy atom. The molecule has 1 aromatic heterocycles. The van der Waals surface area contributed by atoms with Gasteiger partial charge >= 0.3 is 0 Å². The summed E-state index contributed by atoms with van der Waals surface area (Å²) >= 11 is 0. The van der Waals surface area contributed by atoms with Crippen molar-refractivity contribution in [3.05, 3.63) is 5.82 Å². The molecule has 1 N–H and O–H groups in total. The quantitative estimate of drug-likeness (QED) is 0.736. The zero-order valence-electron chi connectivity index (χ0n) is 9.80. The summed E-state index contributed by atoms with van der Waals surface area (Å²) in [4.78, 5) is 13.6. The maximum atomic E-state index is 11.9. The highest BCUT2D eigenvalue weighted by Crippen LogP contribution is 2.02. The zero-order chi connectivity index (χ0) is 12.0. The lowest BCUT2D eigenvalue weighted by Gasteiger charge is -2.22. The molecule has 1 rings (SSSR count). The number of H-pyrrole nitrogens is 1. The molecule has 0 radical (unpaired) electrons. The Bertz CT molecular complexity index is 312. The third-order valence-corrected chi connectivity index (χ3v) is 1.97. The second-order valence-corrected chi connectivity index (χ2v) is 3.87. The van der Waals surface area contributed by atoms with Gasteiger partial charge in [0.1, 0.15) is 0 Å². The van der Waals surface area contributed by atoms with Crippen LogP contribution in [0.25, 0.3) is 0 Å². The number of nitrogens with one attached hydrogen (secondary N) is 1. The molecule has 0 aliphatic rings. The van der Waals surface area contributed by atoms with Crippen molar-refractivity contribution < 1.29 is 9.53 Å². The fourth-order valence-corrected chi connectivity index (χ4v) is 1.31. The minimum Gasteiger partial charge on any atom is -0.383 e. The van der Waals surface area contributed by atoms with Crippen molar-refractivity contribution in [3.63, 3.8) is 0 Å². The SMILES string of the molecule is COCCN(CC(C)C)C(=O)c1nn[nH]n1. The molecule has 7 heteroatoms. The molecular weight excluding hydrogens is 210 g/mol. The van der Waals surface area contributed by atoms with Crippen LogP contribution in [-0.4, -0.2) is 58.2 Å². The Labute approximate surface area is 94.2 Å². The highest BCUT2D eigenvalue weighted by molar-refractivity contribution is 5.90. The van der Waals surface area contributed by atoms with Gasteiger partial charge in [-0.05, 0) is 11.1 Å². The number of methoxy groups -OCH3 is 1. The Morgan fingerprint density at radius 2 is 2.31 bits per heavy atom. The largest absolute Gasteiger partial charge is 0.383 e. The summed E-state index contributed by atoms with van der Waals surface area (Å²) < 4.78 is 4.96. The van der Waals surface area contributed by atoms with E-state index in [9.17, 15) is 4.79 Å². The van der Waals surface area contributed by atoms with Crippen molar-refractivity contribution in [2.24, 2.45) is 5.92 Å². The van der Waals surface area contributed by atoms with Crippen molar-refractivity contribution in [1.29, 1.82) is 0 Å². The molecule has 1 heterocycles. The number of hydrogen-bond donors (Lipinski definition) is 1. The van der Waals surface area contributed by atoms with Gasteiger partial charge in [0.15, 0.2) is 0 Å². The van der Waals surface area contributed by atoms with Crippen molar-refractivity contribution in [1.82, 2.24) is 25.5 Å². The number of hydrogen-bond acceptors (Lipinski definition) is 5. The first kappa shape index (κ1) is 12.6. The van der Waals surface area contributed by atoms with Crippen LogP contribution < -0.4 is 0 Å². The average Bonchev–Trinajstić information content (AvgIpc) is 2.76. The number of ether oxygens (including phenoxy) is 1. The van der Waals surface area contributed by atoms with Gasteiger partial charge in [-0.15, -0.1) is 10.2 Å². The molecular formula is C9H17N5O2. The van der Waals surface area contributed by atoms with E-state index in [1.54, 1.807) is 12.0 Å². The summed E-state index contributed by atoms with van der Waals surface area (Å²) in [6.07, 6.45) is 0. The van der Waals surface area contributed by atoms with Gasteiger partial charge in [0.05, 0.1) is 6.61 Å². The monoisotopic (exact) mass is 227 g/mol. The number of tetrazole rings is 1. The normalized spacial score (nSPS) is 10.8. The third kappa shape index (κ3) is 3.58. The van der Waals surface area contributed by atoms with Gasteiger partial charge < -0.3 is 9.64 Å². The molecule has 0 bridgehead atoms. The highest BCUT2D eigenvalue weighted by Gasteiger charge is 2.20. The first-order chi connectivity index (χ1) is 7.65. The number of amides is 1. The van der Waals surface area contributed by atoms with Gasteiger partial charge in [-0.2, -0.15) is 5.21 Å². The maximum absolute atomic E-state index is 11.9. The molecule has 0 saturated heterocycles. The van der Waals surface area contributed by atoms with E-state index in [0.717, 1.165) is 0 Å². The van der Waals surface area contributed by atoms with Crippen LogP contribution in [0.2, 0.25) is 0 Å². The lowest BCUT2D eigenvalue weighted by Crippen LogP contribution is -2.37. The molecule has 16 heavy (non-hydrogen) atoms. The van der Waals surface area contributed by atoms with E-state index in [4.69, 9.17) is 4.74 Å². The van der Waals surface area contributed by atoms with Gasteiger partial charge in [-0.3, -0.25) is 4.79 Å². The molecule has 0 unspecified atom stereocenters. The Kier molecular flexibility index (Phi) is 4.84. The van der Waals surface area contributed by atoms with Gasteiger partial charge in [0.25, 0.3) is 11.7 Å². The minimum absolute atomic E-state index is 0.0942. The molecule has 7 nitrogen and oxygen atoms in total. The number of carbonyl (C=O) groups is 1. The van der Waals surface area contributed by atoms with Crippen molar-refractivity contribution >= 4 is 5.91 Å². The first-order valence-corrected chi connectivity index (χ1v) is 5.16. The molecule has 0 atom stereocenters. The number of nitrogens with zero attached hydrogens (tertiary/aromatic N) is 4. The molecule has 90 valence electrons. The zero-order valence-corrected chi connectivity index (χ0v) is 9.80. The summed E-state index contributed by atoms with van der Waals surface area (Å²) in [6, 6.07) is 0. The second-order valence-electron chi connectivity index (χ2n) is 3.87. The van der Waals surface area contributed by atoms with E-state index in [2.05, 4.69) is 20.6 Å². The van der Waals surface area contributed by atoms with E-state index < -0.39 is 0 Å². The standard InChI is InChI=1S/C9H17N5O2/c1-7(2)6-14(4-5-16-3)9(15)8-10-12-13-11-8/h7H,4-6H2,1-3H3,(H,10,11,12,13). The molecule has 1 amide bonds. The van der Waals surface area contributed by atoms with E-state index in [0.29, 0.717) is 25.6 Å². The molecule has 0 aliphatic carbocycles. The molecule has 0 saturated carbocycles. The van der Waals surface area contributed by atoms with Crippen LogP contribution in [0, 0.1) is 5.92 Å². The van der Waals surface area contributed by atoms with Crippen LogP contribution in [0.3, 0.4) is 0 Å². The lowest BCUT2D eigenvalue weighted by atomic mass is 10.2. The number of rotatable bonds is 6. The molecule has 1 aromatic rings. The highest BCUT2D eigenvalue weighted by atomic mass is 16.5. The predicted octanol–water partition coefficient (Wildman–Crippen LogP) is -0.0557. The Balaban J connectivity index is 2.64. The average molecular weight is 227 g/mol. The molecule has 0 aliphatic heterocycles.